The Morgan fingerprint density at radius 2 is 1.95 bits per heavy atom. The van der Waals surface area contributed by atoms with Gasteiger partial charge in [-0.05, 0) is 45.2 Å². The van der Waals surface area contributed by atoms with Crippen molar-refractivity contribution in [3.8, 4) is 5.75 Å². The average Bonchev–Trinajstić information content (AvgIpc) is 2.73. The quantitative estimate of drug-likeness (QED) is 0.814. The van der Waals surface area contributed by atoms with E-state index in [4.69, 9.17) is 9.26 Å². The van der Waals surface area contributed by atoms with E-state index >= 15 is 0 Å². The van der Waals surface area contributed by atoms with E-state index in [1.807, 2.05) is 20.9 Å². The van der Waals surface area contributed by atoms with Crippen LogP contribution in [0.5, 0.6) is 5.75 Å². The summed E-state index contributed by atoms with van der Waals surface area (Å²) in [5.74, 6) is 1.28. The Labute approximate surface area is 118 Å². The zero-order valence-corrected chi connectivity index (χ0v) is 12.0. The summed E-state index contributed by atoms with van der Waals surface area (Å²) in [4.78, 5) is 2.13. The number of benzene rings is 1. The van der Waals surface area contributed by atoms with E-state index in [2.05, 4.69) is 10.1 Å². The first-order chi connectivity index (χ1) is 9.56. The van der Waals surface area contributed by atoms with Crippen molar-refractivity contribution in [1.29, 1.82) is 0 Å². The molecular formula is C15H19FN2O2. The first-order valence-electron chi connectivity index (χ1n) is 6.55. The molecule has 1 aromatic heterocycles. The van der Waals surface area contributed by atoms with Gasteiger partial charge in [-0.1, -0.05) is 5.16 Å². The molecular weight excluding hydrogens is 259 g/mol. The van der Waals surface area contributed by atoms with Crippen LogP contribution in [0.15, 0.2) is 28.8 Å². The van der Waals surface area contributed by atoms with Crippen molar-refractivity contribution in [2.24, 2.45) is 0 Å². The van der Waals surface area contributed by atoms with E-state index in [0.717, 1.165) is 30.1 Å². The van der Waals surface area contributed by atoms with Crippen molar-refractivity contribution in [2.75, 3.05) is 20.2 Å². The number of aryl methyl sites for hydroxylation is 2. The Morgan fingerprint density at radius 1 is 1.25 bits per heavy atom. The minimum Gasteiger partial charge on any atom is -0.492 e. The lowest BCUT2D eigenvalue weighted by Gasteiger charge is -2.16. The van der Waals surface area contributed by atoms with Crippen LogP contribution >= 0.6 is 0 Å². The van der Waals surface area contributed by atoms with Crippen LogP contribution in [0.4, 0.5) is 4.39 Å². The molecule has 1 aromatic carbocycles. The average molecular weight is 278 g/mol. The number of hydrogen-bond donors (Lipinski definition) is 0. The van der Waals surface area contributed by atoms with Crippen molar-refractivity contribution in [3.05, 3.63) is 47.1 Å². The second kappa shape index (κ2) is 6.52. The Hall–Kier alpha value is -1.88. The van der Waals surface area contributed by atoms with Gasteiger partial charge in [-0.15, -0.1) is 0 Å². The van der Waals surface area contributed by atoms with Crippen molar-refractivity contribution in [2.45, 2.75) is 20.4 Å². The fraction of sp³-hybridized carbons (Fsp3) is 0.400. The predicted molar refractivity (Wildman–Crippen MR) is 74.2 cm³/mol. The summed E-state index contributed by atoms with van der Waals surface area (Å²) in [7, 11) is 2.01. The zero-order valence-electron chi connectivity index (χ0n) is 12.0. The molecule has 0 saturated carbocycles. The molecule has 0 N–H and O–H groups in total. The number of rotatable bonds is 6. The summed E-state index contributed by atoms with van der Waals surface area (Å²) in [5.41, 5.74) is 2.04. The van der Waals surface area contributed by atoms with E-state index in [0.29, 0.717) is 12.4 Å². The van der Waals surface area contributed by atoms with Crippen LogP contribution in [0, 0.1) is 19.7 Å². The van der Waals surface area contributed by atoms with Crippen LogP contribution < -0.4 is 4.74 Å². The smallest absolute Gasteiger partial charge is 0.138 e. The molecule has 0 bridgehead atoms. The van der Waals surface area contributed by atoms with E-state index in [1.165, 1.54) is 12.1 Å². The van der Waals surface area contributed by atoms with Crippen LogP contribution in [-0.2, 0) is 6.54 Å². The van der Waals surface area contributed by atoms with Gasteiger partial charge in [0.2, 0.25) is 0 Å². The zero-order chi connectivity index (χ0) is 14.5. The predicted octanol–water partition coefficient (Wildman–Crippen LogP) is 2.94. The third-order valence-corrected chi connectivity index (χ3v) is 3.16. The summed E-state index contributed by atoms with van der Waals surface area (Å²) in [6.45, 7) is 5.94. The Kier molecular flexibility index (Phi) is 4.74. The Balaban J connectivity index is 1.78. The molecule has 1 heterocycles. The summed E-state index contributed by atoms with van der Waals surface area (Å²) in [5, 5.41) is 3.94. The minimum atomic E-state index is -0.257. The molecule has 0 saturated heterocycles. The monoisotopic (exact) mass is 278 g/mol. The molecule has 0 aliphatic heterocycles. The van der Waals surface area contributed by atoms with Gasteiger partial charge in [0, 0.05) is 18.7 Å². The summed E-state index contributed by atoms with van der Waals surface area (Å²) in [6, 6.07) is 6.04. The molecule has 20 heavy (non-hydrogen) atoms. The highest BCUT2D eigenvalue weighted by Gasteiger charge is 2.11. The molecule has 0 fully saturated rings. The Morgan fingerprint density at radius 3 is 2.55 bits per heavy atom. The lowest BCUT2D eigenvalue weighted by molar-refractivity contribution is 0.231. The fourth-order valence-corrected chi connectivity index (χ4v) is 1.93. The highest BCUT2D eigenvalue weighted by molar-refractivity contribution is 5.22. The van der Waals surface area contributed by atoms with E-state index in [-0.39, 0.29) is 5.82 Å². The highest BCUT2D eigenvalue weighted by atomic mass is 19.1. The van der Waals surface area contributed by atoms with Gasteiger partial charge in [-0.2, -0.15) is 0 Å². The standard InChI is InChI=1S/C15H19FN2O2/c1-11-15(12(2)20-17-11)10-18(3)8-9-19-14-6-4-13(16)5-7-14/h4-7H,8-10H2,1-3H3. The maximum atomic E-state index is 12.7. The van der Waals surface area contributed by atoms with Gasteiger partial charge in [-0.25, -0.2) is 4.39 Å². The van der Waals surface area contributed by atoms with Crippen molar-refractivity contribution in [1.82, 2.24) is 10.1 Å². The molecule has 0 amide bonds. The molecule has 5 heteroatoms. The molecule has 0 aliphatic rings. The third kappa shape index (κ3) is 3.81. The van der Waals surface area contributed by atoms with Crippen LogP contribution in [0.25, 0.3) is 0 Å². The van der Waals surface area contributed by atoms with Gasteiger partial charge in [0.15, 0.2) is 0 Å². The van der Waals surface area contributed by atoms with Crippen LogP contribution in [0.1, 0.15) is 17.0 Å². The molecule has 108 valence electrons. The molecule has 0 radical (unpaired) electrons. The normalized spacial score (nSPS) is 11.1. The van der Waals surface area contributed by atoms with Crippen molar-refractivity contribution in [3.63, 3.8) is 0 Å². The highest BCUT2D eigenvalue weighted by Crippen LogP contribution is 2.14. The van der Waals surface area contributed by atoms with Gasteiger partial charge in [0.1, 0.15) is 23.9 Å². The third-order valence-electron chi connectivity index (χ3n) is 3.16. The largest absolute Gasteiger partial charge is 0.492 e. The molecule has 0 unspecified atom stereocenters. The van der Waals surface area contributed by atoms with Gasteiger partial charge < -0.3 is 9.26 Å². The van der Waals surface area contributed by atoms with Gasteiger partial charge >= 0.3 is 0 Å². The van der Waals surface area contributed by atoms with Crippen LogP contribution in [0.2, 0.25) is 0 Å². The van der Waals surface area contributed by atoms with E-state index in [9.17, 15) is 4.39 Å². The summed E-state index contributed by atoms with van der Waals surface area (Å²) in [6.07, 6.45) is 0. The topological polar surface area (TPSA) is 38.5 Å². The van der Waals surface area contributed by atoms with Crippen molar-refractivity contribution < 1.29 is 13.7 Å². The number of hydrogen-bond acceptors (Lipinski definition) is 4. The second-order valence-corrected chi connectivity index (χ2v) is 4.84. The first-order valence-corrected chi connectivity index (χ1v) is 6.55. The molecule has 4 nitrogen and oxygen atoms in total. The SMILES string of the molecule is Cc1noc(C)c1CN(C)CCOc1ccc(F)cc1. The number of halogens is 1. The maximum absolute atomic E-state index is 12.7. The molecule has 2 aromatic rings. The summed E-state index contributed by atoms with van der Waals surface area (Å²) < 4.78 is 23.4. The van der Waals surface area contributed by atoms with Gasteiger partial charge in [0.05, 0.1) is 5.69 Å². The number of nitrogens with zero attached hydrogens (tertiary/aromatic N) is 2. The lowest BCUT2D eigenvalue weighted by Crippen LogP contribution is -2.24. The minimum absolute atomic E-state index is 0.257. The molecule has 0 atom stereocenters. The molecule has 0 spiro atoms. The van der Waals surface area contributed by atoms with Gasteiger partial charge in [0.25, 0.3) is 0 Å². The van der Waals surface area contributed by atoms with Crippen LogP contribution in [0.3, 0.4) is 0 Å². The van der Waals surface area contributed by atoms with Crippen molar-refractivity contribution >= 4 is 0 Å². The number of ether oxygens (including phenoxy) is 1. The van der Waals surface area contributed by atoms with E-state index < -0.39 is 0 Å². The maximum Gasteiger partial charge on any atom is 0.138 e. The Bertz CT molecular complexity index is 532. The molecule has 0 aliphatic carbocycles. The number of likely N-dealkylation sites (N-methyl/N-ethyl adjacent to an activating group) is 1. The van der Waals surface area contributed by atoms with Crippen LogP contribution in [-0.4, -0.2) is 30.3 Å². The van der Waals surface area contributed by atoms with Gasteiger partial charge in [-0.3, -0.25) is 4.90 Å². The number of aromatic nitrogens is 1. The second-order valence-electron chi connectivity index (χ2n) is 4.84. The lowest BCUT2D eigenvalue weighted by atomic mass is 10.2. The molecule has 2 rings (SSSR count). The van der Waals surface area contributed by atoms with E-state index in [1.54, 1.807) is 12.1 Å². The first kappa shape index (κ1) is 14.5. The summed E-state index contributed by atoms with van der Waals surface area (Å²) >= 11 is 0. The fourth-order valence-electron chi connectivity index (χ4n) is 1.93.